The van der Waals surface area contributed by atoms with E-state index in [1.807, 2.05) is 6.92 Å². The summed E-state index contributed by atoms with van der Waals surface area (Å²) in [6.45, 7) is 7.40. The van der Waals surface area contributed by atoms with E-state index in [0.717, 1.165) is 24.0 Å². The molecule has 0 N–H and O–H groups in total. The second-order valence-corrected chi connectivity index (χ2v) is 5.64. The van der Waals surface area contributed by atoms with E-state index in [-0.39, 0.29) is 0 Å². The first-order valence-corrected chi connectivity index (χ1v) is 7.27. The third-order valence-electron chi connectivity index (χ3n) is 3.64. The van der Waals surface area contributed by atoms with Crippen molar-refractivity contribution < 1.29 is 0 Å². The SMILES string of the molecule is CCCC1CCN(Cc2nc(C)cc(Cl)n2)CC1. The lowest BCUT2D eigenvalue weighted by atomic mass is 9.92. The van der Waals surface area contributed by atoms with Crippen LogP contribution >= 0.6 is 11.6 Å². The second kappa shape index (κ2) is 6.48. The lowest BCUT2D eigenvalue weighted by Crippen LogP contribution is -2.33. The molecule has 1 aromatic heterocycles. The molecule has 4 heteroatoms. The Morgan fingerprint density at radius 3 is 2.67 bits per heavy atom. The molecule has 2 rings (SSSR count). The Hall–Kier alpha value is -0.670. The van der Waals surface area contributed by atoms with Gasteiger partial charge in [-0.05, 0) is 44.8 Å². The first kappa shape index (κ1) is 13.8. The van der Waals surface area contributed by atoms with Gasteiger partial charge in [-0.1, -0.05) is 31.4 Å². The quantitative estimate of drug-likeness (QED) is 0.783. The van der Waals surface area contributed by atoms with Crippen LogP contribution in [0.5, 0.6) is 0 Å². The van der Waals surface area contributed by atoms with Gasteiger partial charge in [-0.25, -0.2) is 9.97 Å². The first-order valence-electron chi connectivity index (χ1n) is 6.89. The van der Waals surface area contributed by atoms with E-state index in [0.29, 0.717) is 5.15 Å². The smallest absolute Gasteiger partial charge is 0.144 e. The van der Waals surface area contributed by atoms with Crippen molar-refractivity contribution >= 4 is 11.6 Å². The van der Waals surface area contributed by atoms with Gasteiger partial charge in [0.05, 0.1) is 6.54 Å². The highest BCUT2D eigenvalue weighted by Crippen LogP contribution is 2.22. The minimum atomic E-state index is 0.554. The lowest BCUT2D eigenvalue weighted by molar-refractivity contribution is 0.168. The second-order valence-electron chi connectivity index (χ2n) is 5.26. The fourth-order valence-electron chi connectivity index (χ4n) is 2.70. The zero-order valence-corrected chi connectivity index (χ0v) is 12.1. The van der Waals surface area contributed by atoms with Crippen LogP contribution in [0.2, 0.25) is 5.15 Å². The molecule has 18 heavy (non-hydrogen) atoms. The predicted molar refractivity (Wildman–Crippen MR) is 74.7 cm³/mol. The number of hydrogen-bond donors (Lipinski definition) is 0. The first-order chi connectivity index (χ1) is 8.67. The number of hydrogen-bond acceptors (Lipinski definition) is 3. The molecule has 1 aliphatic rings. The van der Waals surface area contributed by atoms with E-state index in [1.165, 1.54) is 38.8 Å². The summed E-state index contributed by atoms with van der Waals surface area (Å²) in [6.07, 6.45) is 5.31. The standard InChI is InChI=1S/C14H22ClN3/c1-3-4-12-5-7-18(8-6-12)10-14-16-11(2)9-13(15)17-14/h9,12H,3-8,10H2,1-2H3. The van der Waals surface area contributed by atoms with E-state index in [2.05, 4.69) is 21.8 Å². The maximum absolute atomic E-state index is 5.96. The third kappa shape index (κ3) is 3.92. The molecule has 0 amide bonds. The molecule has 0 unspecified atom stereocenters. The Balaban J connectivity index is 1.87. The van der Waals surface area contributed by atoms with Crippen molar-refractivity contribution in [3.05, 3.63) is 22.7 Å². The van der Waals surface area contributed by atoms with Gasteiger partial charge in [0.2, 0.25) is 0 Å². The number of likely N-dealkylation sites (tertiary alicyclic amines) is 1. The molecule has 1 aromatic rings. The molecule has 3 nitrogen and oxygen atoms in total. The fourth-order valence-corrected chi connectivity index (χ4v) is 2.96. The van der Waals surface area contributed by atoms with Crippen LogP contribution in [-0.4, -0.2) is 28.0 Å². The van der Waals surface area contributed by atoms with Crippen molar-refractivity contribution in [3.8, 4) is 0 Å². The summed E-state index contributed by atoms with van der Waals surface area (Å²) in [5.41, 5.74) is 0.950. The Kier molecular flexibility index (Phi) is 4.95. The average Bonchev–Trinajstić information content (AvgIpc) is 2.31. The molecule has 0 atom stereocenters. The molecule has 0 radical (unpaired) electrons. The van der Waals surface area contributed by atoms with Crippen LogP contribution in [0.3, 0.4) is 0 Å². The van der Waals surface area contributed by atoms with Gasteiger partial charge < -0.3 is 0 Å². The van der Waals surface area contributed by atoms with Crippen LogP contribution in [0.25, 0.3) is 0 Å². The minimum Gasteiger partial charge on any atom is -0.296 e. The van der Waals surface area contributed by atoms with Crippen molar-refractivity contribution in [2.75, 3.05) is 13.1 Å². The molecule has 2 heterocycles. The number of halogens is 1. The van der Waals surface area contributed by atoms with Crippen molar-refractivity contribution in [2.24, 2.45) is 5.92 Å². The van der Waals surface area contributed by atoms with Crippen molar-refractivity contribution in [1.82, 2.24) is 14.9 Å². The highest BCUT2D eigenvalue weighted by molar-refractivity contribution is 6.29. The summed E-state index contributed by atoms with van der Waals surface area (Å²) in [6, 6.07) is 1.80. The molecule has 0 aromatic carbocycles. The maximum atomic E-state index is 5.96. The van der Waals surface area contributed by atoms with Crippen LogP contribution in [0.4, 0.5) is 0 Å². The molecule has 100 valence electrons. The molecule has 0 bridgehead atoms. The number of rotatable bonds is 4. The van der Waals surface area contributed by atoms with E-state index in [1.54, 1.807) is 6.07 Å². The Labute approximate surface area is 115 Å². The Bertz CT molecular complexity index is 366. The van der Waals surface area contributed by atoms with E-state index in [4.69, 9.17) is 11.6 Å². The monoisotopic (exact) mass is 267 g/mol. The van der Waals surface area contributed by atoms with Gasteiger partial charge in [0, 0.05) is 5.69 Å². The van der Waals surface area contributed by atoms with Crippen LogP contribution in [0.1, 0.15) is 44.1 Å². The Morgan fingerprint density at radius 1 is 1.33 bits per heavy atom. The van der Waals surface area contributed by atoms with Gasteiger partial charge in [-0.3, -0.25) is 4.90 Å². The summed E-state index contributed by atoms with van der Waals surface area (Å²) in [5, 5.41) is 0.554. The van der Waals surface area contributed by atoms with Crippen molar-refractivity contribution in [1.29, 1.82) is 0 Å². The average molecular weight is 268 g/mol. The van der Waals surface area contributed by atoms with Gasteiger partial charge >= 0.3 is 0 Å². The molecular formula is C14H22ClN3. The van der Waals surface area contributed by atoms with Crippen LogP contribution < -0.4 is 0 Å². The molecule has 1 fully saturated rings. The number of aryl methyl sites for hydroxylation is 1. The highest BCUT2D eigenvalue weighted by atomic mass is 35.5. The van der Waals surface area contributed by atoms with Gasteiger partial charge in [0.25, 0.3) is 0 Å². The number of aromatic nitrogens is 2. The molecule has 1 saturated heterocycles. The summed E-state index contributed by atoms with van der Waals surface area (Å²) >= 11 is 5.96. The summed E-state index contributed by atoms with van der Waals surface area (Å²) in [5.74, 6) is 1.78. The molecule has 1 aliphatic heterocycles. The van der Waals surface area contributed by atoms with Crippen molar-refractivity contribution in [3.63, 3.8) is 0 Å². The molecule has 0 aliphatic carbocycles. The molecular weight excluding hydrogens is 246 g/mol. The maximum Gasteiger partial charge on any atom is 0.144 e. The lowest BCUT2D eigenvalue weighted by Gasteiger charge is -2.31. The van der Waals surface area contributed by atoms with E-state index < -0.39 is 0 Å². The van der Waals surface area contributed by atoms with Gasteiger partial charge in [0.15, 0.2) is 0 Å². The van der Waals surface area contributed by atoms with E-state index >= 15 is 0 Å². The van der Waals surface area contributed by atoms with Gasteiger partial charge in [0.1, 0.15) is 11.0 Å². The number of nitrogens with zero attached hydrogens (tertiary/aromatic N) is 3. The van der Waals surface area contributed by atoms with Crippen LogP contribution in [-0.2, 0) is 6.54 Å². The summed E-state index contributed by atoms with van der Waals surface area (Å²) < 4.78 is 0. The number of piperidine rings is 1. The van der Waals surface area contributed by atoms with Crippen molar-refractivity contribution in [2.45, 2.75) is 46.1 Å². The molecule has 0 spiro atoms. The third-order valence-corrected chi connectivity index (χ3v) is 3.83. The fraction of sp³-hybridized carbons (Fsp3) is 0.714. The van der Waals surface area contributed by atoms with Crippen LogP contribution in [0.15, 0.2) is 6.07 Å². The predicted octanol–water partition coefficient (Wildman–Crippen LogP) is 3.45. The molecule has 0 saturated carbocycles. The largest absolute Gasteiger partial charge is 0.296 e. The minimum absolute atomic E-state index is 0.554. The topological polar surface area (TPSA) is 29.0 Å². The van der Waals surface area contributed by atoms with Gasteiger partial charge in [-0.15, -0.1) is 0 Å². The Morgan fingerprint density at radius 2 is 2.06 bits per heavy atom. The van der Waals surface area contributed by atoms with E-state index in [9.17, 15) is 0 Å². The summed E-state index contributed by atoms with van der Waals surface area (Å²) in [4.78, 5) is 11.2. The zero-order chi connectivity index (χ0) is 13.0. The normalized spacial score (nSPS) is 18.2. The van der Waals surface area contributed by atoms with Gasteiger partial charge in [-0.2, -0.15) is 0 Å². The summed E-state index contributed by atoms with van der Waals surface area (Å²) in [7, 11) is 0. The highest BCUT2D eigenvalue weighted by Gasteiger charge is 2.19. The van der Waals surface area contributed by atoms with Crippen LogP contribution in [0, 0.1) is 12.8 Å². The zero-order valence-electron chi connectivity index (χ0n) is 11.3.